The van der Waals surface area contributed by atoms with E-state index in [4.69, 9.17) is 0 Å². The van der Waals surface area contributed by atoms with Crippen LogP contribution in [0.2, 0.25) is 0 Å². The molecule has 1 atom stereocenters. The van der Waals surface area contributed by atoms with Gasteiger partial charge in [-0.05, 0) is 25.8 Å². The first-order valence-electron chi connectivity index (χ1n) is 3.77. The van der Waals surface area contributed by atoms with E-state index in [1.54, 1.807) is 6.92 Å². The lowest BCUT2D eigenvalue weighted by Crippen LogP contribution is -2.35. The quantitative estimate of drug-likeness (QED) is 0.497. The highest BCUT2D eigenvalue weighted by Crippen LogP contribution is 1.95. The molecule has 0 aromatic rings. The fraction of sp³-hybridized carbons (Fsp3) is 0.625. The molecule has 0 aromatic heterocycles. The van der Waals surface area contributed by atoms with Gasteiger partial charge in [0.05, 0.1) is 0 Å². The molecule has 0 radical (unpaired) electrons. The summed E-state index contributed by atoms with van der Waals surface area (Å²) in [7, 11) is 0. The smallest absolute Gasteiger partial charge is 0.296 e. The summed E-state index contributed by atoms with van der Waals surface area (Å²) in [6.07, 6.45) is 1.01. The van der Waals surface area contributed by atoms with Crippen molar-refractivity contribution in [2.75, 3.05) is 13.1 Å². The average molecular weight is 152 g/mol. The van der Waals surface area contributed by atoms with Crippen LogP contribution in [0.4, 0.5) is 0 Å². The van der Waals surface area contributed by atoms with E-state index in [1.807, 2.05) is 0 Å². The molecule has 1 aliphatic heterocycles. The SMILES string of the molecule is CC#CC(=O)N[C@H]1CCNC1. The zero-order valence-electron chi connectivity index (χ0n) is 6.61. The van der Waals surface area contributed by atoms with Gasteiger partial charge in [-0.15, -0.1) is 0 Å². The Kier molecular flexibility index (Phi) is 2.94. The highest BCUT2D eigenvalue weighted by atomic mass is 16.1. The van der Waals surface area contributed by atoms with Gasteiger partial charge >= 0.3 is 0 Å². The fourth-order valence-corrected chi connectivity index (χ4v) is 1.11. The van der Waals surface area contributed by atoms with Gasteiger partial charge in [-0.25, -0.2) is 0 Å². The van der Waals surface area contributed by atoms with Crippen LogP contribution in [0.15, 0.2) is 0 Å². The molecule has 0 aromatic carbocycles. The van der Waals surface area contributed by atoms with E-state index in [1.165, 1.54) is 0 Å². The molecule has 3 heteroatoms. The predicted molar refractivity (Wildman–Crippen MR) is 42.9 cm³/mol. The summed E-state index contributed by atoms with van der Waals surface area (Å²) in [5.41, 5.74) is 0. The number of hydrogen-bond acceptors (Lipinski definition) is 2. The van der Waals surface area contributed by atoms with E-state index >= 15 is 0 Å². The Morgan fingerprint density at radius 1 is 1.73 bits per heavy atom. The third kappa shape index (κ3) is 2.60. The molecule has 11 heavy (non-hydrogen) atoms. The summed E-state index contributed by atoms with van der Waals surface area (Å²) in [5.74, 6) is 4.84. The van der Waals surface area contributed by atoms with Crippen molar-refractivity contribution in [2.24, 2.45) is 0 Å². The minimum atomic E-state index is -0.166. The lowest BCUT2D eigenvalue weighted by atomic mass is 10.2. The van der Waals surface area contributed by atoms with E-state index < -0.39 is 0 Å². The molecule has 3 nitrogen and oxygen atoms in total. The van der Waals surface area contributed by atoms with Crippen LogP contribution in [0.25, 0.3) is 0 Å². The molecule has 1 amide bonds. The number of carbonyl (C=O) groups is 1. The zero-order chi connectivity index (χ0) is 8.10. The van der Waals surface area contributed by atoms with Crippen molar-refractivity contribution in [3.05, 3.63) is 0 Å². The van der Waals surface area contributed by atoms with Gasteiger partial charge in [-0.3, -0.25) is 4.79 Å². The zero-order valence-corrected chi connectivity index (χ0v) is 6.61. The second-order valence-corrected chi connectivity index (χ2v) is 2.54. The van der Waals surface area contributed by atoms with Crippen molar-refractivity contribution in [2.45, 2.75) is 19.4 Å². The molecule has 0 bridgehead atoms. The van der Waals surface area contributed by atoms with Crippen LogP contribution in [0.5, 0.6) is 0 Å². The summed E-state index contributed by atoms with van der Waals surface area (Å²) < 4.78 is 0. The van der Waals surface area contributed by atoms with Crippen LogP contribution in [0, 0.1) is 11.8 Å². The molecule has 60 valence electrons. The maximum absolute atomic E-state index is 10.9. The Morgan fingerprint density at radius 2 is 2.55 bits per heavy atom. The number of amides is 1. The van der Waals surface area contributed by atoms with Gasteiger partial charge in [0.1, 0.15) is 0 Å². The molecule has 0 spiro atoms. The van der Waals surface area contributed by atoms with Crippen LogP contribution in [0.1, 0.15) is 13.3 Å². The van der Waals surface area contributed by atoms with Crippen LogP contribution < -0.4 is 10.6 Å². The third-order valence-corrected chi connectivity index (χ3v) is 1.63. The average Bonchev–Trinajstić information content (AvgIpc) is 2.40. The number of hydrogen-bond donors (Lipinski definition) is 2. The normalized spacial score (nSPS) is 22.1. The van der Waals surface area contributed by atoms with Gasteiger partial charge in [0.2, 0.25) is 0 Å². The highest BCUT2D eigenvalue weighted by molar-refractivity contribution is 5.93. The lowest BCUT2D eigenvalue weighted by Gasteiger charge is -2.06. The second-order valence-electron chi connectivity index (χ2n) is 2.54. The fourth-order valence-electron chi connectivity index (χ4n) is 1.11. The van der Waals surface area contributed by atoms with Crippen molar-refractivity contribution in [3.63, 3.8) is 0 Å². The van der Waals surface area contributed by atoms with Crippen molar-refractivity contribution < 1.29 is 4.79 Å². The molecule has 1 aliphatic rings. The van der Waals surface area contributed by atoms with Crippen LogP contribution in [-0.2, 0) is 4.79 Å². The minimum Gasteiger partial charge on any atom is -0.341 e. The molecule has 1 heterocycles. The summed E-state index contributed by atoms with van der Waals surface area (Å²) >= 11 is 0. The van der Waals surface area contributed by atoms with Crippen molar-refractivity contribution in [3.8, 4) is 11.8 Å². The molecule has 1 saturated heterocycles. The van der Waals surface area contributed by atoms with Gasteiger partial charge in [0.25, 0.3) is 5.91 Å². The third-order valence-electron chi connectivity index (χ3n) is 1.63. The van der Waals surface area contributed by atoms with Crippen LogP contribution >= 0.6 is 0 Å². The summed E-state index contributed by atoms with van der Waals surface area (Å²) in [4.78, 5) is 10.9. The first-order valence-corrected chi connectivity index (χ1v) is 3.77. The van der Waals surface area contributed by atoms with Gasteiger partial charge in [0, 0.05) is 12.6 Å². The monoisotopic (exact) mass is 152 g/mol. The molecule has 0 aliphatic carbocycles. The Morgan fingerprint density at radius 3 is 3.09 bits per heavy atom. The summed E-state index contributed by atoms with van der Waals surface area (Å²) in [5, 5.41) is 5.96. The molecule has 1 rings (SSSR count). The van der Waals surface area contributed by atoms with Crippen molar-refractivity contribution >= 4 is 5.91 Å². The van der Waals surface area contributed by atoms with Crippen LogP contribution in [-0.4, -0.2) is 25.0 Å². The van der Waals surface area contributed by atoms with Crippen molar-refractivity contribution in [1.29, 1.82) is 0 Å². The topological polar surface area (TPSA) is 41.1 Å². The minimum absolute atomic E-state index is 0.166. The molecule has 0 unspecified atom stereocenters. The van der Waals surface area contributed by atoms with Gasteiger partial charge in [0.15, 0.2) is 0 Å². The predicted octanol–water partition coefficient (Wildman–Crippen LogP) is -0.512. The lowest BCUT2D eigenvalue weighted by molar-refractivity contribution is -0.116. The Labute approximate surface area is 66.5 Å². The van der Waals surface area contributed by atoms with Gasteiger partial charge in [-0.1, -0.05) is 5.92 Å². The largest absolute Gasteiger partial charge is 0.341 e. The first kappa shape index (κ1) is 8.09. The second kappa shape index (κ2) is 3.99. The number of rotatable bonds is 1. The van der Waals surface area contributed by atoms with Gasteiger partial charge in [-0.2, -0.15) is 0 Å². The summed E-state index contributed by atoms with van der Waals surface area (Å²) in [6.45, 7) is 3.52. The number of carbonyl (C=O) groups excluding carboxylic acids is 1. The van der Waals surface area contributed by atoms with E-state index in [0.717, 1.165) is 19.5 Å². The Bertz CT molecular complexity index is 196. The van der Waals surface area contributed by atoms with Crippen LogP contribution in [0.3, 0.4) is 0 Å². The van der Waals surface area contributed by atoms with E-state index in [9.17, 15) is 4.79 Å². The number of nitrogens with one attached hydrogen (secondary N) is 2. The first-order chi connectivity index (χ1) is 5.33. The van der Waals surface area contributed by atoms with Crippen molar-refractivity contribution in [1.82, 2.24) is 10.6 Å². The van der Waals surface area contributed by atoms with E-state index in [2.05, 4.69) is 22.5 Å². The Balaban J connectivity index is 2.27. The molecule has 2 N–H and O–H groups in total. The highest BCUT2D eigenvalue weighted by Gasteiger charge is 2.14. The van der Waals surface area contributed by atoms with E-state index in [-0.39, 0.29) is 11.9 Å². The maximum Gasteiger partial charge on any atom is 0.296 e. The van der Waals surface area contributed by atoms with E-state index in [0.29, 0.717) is 0 Å². The molecular weight excluding hydrogens is 140 g/mol. The summed E-state index contributed by atoms with van der Waals surface area (Å²) in [6, 6.07) is 0.281. The maximum atomic E-state index is 10.9. The molecule has 0 saturated carbocycles. The Hall–Kier alpha value is -1.01. The standard InChI is InChI=1S/C8H12N2O/c1-2-3-8(11)10-7-4-5-9-6-7/h7,9H,4-6H2,1H3,(H,10,11)/t7-/m0/s1. The molecule has 1 fully saturated rings. The molecular formula is C8H12N2O. The van der Waals surface area contributed by atoms with Gasteiger partial charge < -0.3 is 10.6 Å².